The number of ether oxygens (including phenoxy) is 1. The molecular formula is C8H8F4N2O. The number of hydrogen-bond acceptors (Lipinski definition) is 3. The summed E-state index contributed by atoms with van der Waals surface area (Å²) in [6.45, 7) is -0.150. The molecule has 0 bridgehead atoms. The Bertz CT molecular complexity index is 364. The van der Waals surface area contributed by atoms with E-state index in [1.165, 1.54) is 0 Å². The number of alkyl halides is 3. The van der Waals surface area contributed by atoms with Crippen LogP contribution in [0.25, 0.3) is 0 Å². The fraction of sp³-hybridized carbons (Fsp3) is 0.250. The smallest absolute Gasteiger partial charge is 0.403 e. The van der Waals surface area contributed by atoms with Gasteiger partial charge in [0.15, 0.2) is 11.6 Å². The van der Waals surface area contributed by atoms with Crippen LogP contribution in [0.5, 0.6) is 5.75 Å². The highest BCUT2D eigenvalue weighted by Crippen LogP contribution is 2.31. The van der Waals surface area contributed by atoms with E-state index >= 15 is 0 Å². The molecule has 84 valence electrons. The minimum absolute atomic E-state index is 0.0297. The van der Waals surface area contributed by atoms with E-state index in [4.69, 9.17) is 11.5 Å². The normalized spacial score (nSPS) is 11.5. The second-order valence-electron chi connectivity index (χ2n) is 2.70. The van der Waals surface area contributed by atoms with E-state index in [9.17, 15) is 17.6 Å². The van der Waals surface area contributed by atoms with Crippen LogP contribution in [0.4, 0.5) is 23.2 Å². The first kappa shape index (κ1) is 11.6. The molecule has 0 amide bonds. The topological polar surface area (TPSA) is 61.3 Å². The summed E-state index contributed by atoms with van der Waals surface area (Å²) in [7, 11) is 0. The van der Waals surface area contributed by atoms with Crippen LogP contribution in [-0.2, 0) is 6.54 Å². The van der Waals surface area contributed by atoms with Crippen LogP contribution in [0, 0.1) is 5.82 Å². The monoisotopic (exact) mass is 224 g/mol. The van der Waals surface area contributed by atoms with Crippen LogP contribution in [0.2, 0.25) is 0 Å². The first-order valence-electron chi connectivity index (χ1n) is 3.88. The number of hydrogen-bond donors (Lipinski definition) is 2. The molecule has 0 saturated carbocycles. The fourth-order valence-electron chi connectivity index (χ4n) is 0.992. The van der Waals surface area contributed by atoms with Gasteiger partial charge in [-0.05, 0) is 6.07 Å². The predicted molar refractivity (Wildman–Crippen MR) is 45.4 cm³/mol. The first-order chi connectivity index (χ1) is 6.85. The van der Waals surface area contributed by atoms with E-state index in [1.54, 1.807) is 0 Å². The zero-order valence-electron chi connectivity index (χ0n) is 7.44. The Morgan fingerprint density at radius 2 is 1.87 bits per heavy atom. The zero-order chi connectivity index (χ0) is 11.6. The van der Waals surface area contributed by atoms with Gasteiger partial charge in [-0.1, -0.05) is 6.07 Å². The average Bonchev–Trinajstić information content (AvgIpc) is 2.11. The van der Waals surface area contributed by atoms with Crippen molar-refractivity contribution in [2.24, 2.45) is 5.73 Å². The molecule has 0 atom stereocenters. The van der Waals surface area contributed by atoms with Gasteiger partial charge in [-0.25, -0.2) is 4.39 Å². The lowest BCUT2D eigenvalue weighted by Crippen LogP contribution is -2.18. The third kappa shape index (κ3) is 2.72. The lowest BCUT2D eigenvalue weighted by molar-refractivity contribution is -0.274. The predicted octanol–water partition coefficient (Wildman–Crippen LogP) is 1.77. The number of rotatable bonds is 2. The van der Waals surface area contributed by atoms with Gasteiger partial charge in [0, 0.05) is 12.1 Å². The SMILES string of the molecule is NCc1ccc(OC(F)(F)F)c(N)c1F. The van der Waals surface area contributed by atoms with Crippen LogP contribution in [0.1, 0.15) is 5.56 Å². The summed E-state index contributed by atoms with van der Waals surface area (Å²) in [4.78, 5) is 0. The van der Waals surface area contributed by atoms with Gasteiger partial charge in [-0.2, -0.15) is 0 Å². The molecule has 0 aliphatic rings. The maximum atomic E-state index is 13.2. The standard InChI is InChI=1S/C8H8F4N2O/c9-6-4(3-13)1-2-5(7(6)14)15-8(10,11)12/h1-2H,3,13-14H2. The van der Waals surface area contributed by atoms with Gasteiger partial charge in [-0.3, -0.25) is 0 Å². The molecule has 0 aliphatic carbocycles. The van der Waals surface area contributed by atoms with Gasteiger partial charge in [0.25, 0.3) is 0 Å². The molecule has 1 aromatic carbocycles. The summed E-state index contributed by atoms with van der Waals surface area (Å²) in [6.07, 6.45) is -4.90. The molecule has 0 unspecified atom stereocenters. The van der Waals surface area contributed by atoms with Crippen molar-refractivity contribution < 1.29 is 22.3 Å². The third-order valence-corrected chi connectivity index (χ3v) is 1.67. The van der Waals surface area contributed by atoms with E-state index in [1.807, 2.05) is 0 Å². The van der Waals surface area contributed by atoms with Crippen molar-refractivity contribution in [1.29, 1.82) is 0 Å². The van der Waals surface area contributed by atoms with Crippen molar-refractivity contribution in [2.75, 3.05) is 5.73 Å². The van der Waals surface area contributed by atoms with Crippen molar-refractivity contribution in [3.05, 3.63) is 23.5 Å². The summed E-state index contributed by atoms with van der Waals surface area (Å²) >= 11 is 0. The molecule has 0 spiro atoms. The van der Waals surface area contributed by atoms with Gasteiger partial charge in [-0.15, -0.1) is 13.2 Å². The highest BCUT2D eigenvalue weighted by Gasteiger charge is 2.32. The Morgan fingerprint density at radius 3 is 2.33 bits per heavy atom. The van der Waals surface area contributed by atoms with Gasteiger partial charge in [0.1, 0.15) is 5.69 Å². The van der Waals surface area contributed by atoms with E-state index in [0.29, 0.717) is 0 Å². The molecular weight excluding hydrogens is 216 g/mol. The van der Waals surface area contributed by atoms with Crippen molar-refractivity contribution in [1.82, 2.24) is 0 Å². The van der Waals surface area contributed by atoms with Crippen molar-refractivity contribution >= 4 is 5.69 Å². The summed E-state index contributed by atoms with van der Waals surface area (Å²) in [6, 6.07) is 2.01. The number of anilines is 1. The molecule has 0 fully saturated rings. The molecule has 0 aliphatic heterocycles. The molecule has 0 saturated heterocycles. The molecule has 4 N–H and O–H groups in total. The molecule has 7 heteroatoms. The van der Waals surface area contributed by atoms with E-state index in [0.717, 1.165) is 12.1 Å². The Hall–Kier alpha value is -1.50. The van der Waals surface area contributed by atoms with E-state index in [-0.39, 0.29) is 12.1 Å². The van der Waals surface area contributed by atoms with Crippen LogP contribution in [0.15, 0.2) is 12.1 Å². The van der Waals surface area contributed by atoms with Gasteiger partial charge < -0.3 is 16.2 Å². The number of nitrogen functional groups attached to an aromatic ring is 1. The maximum absolute atomic E-state index is 13.2. The van der Waals surface area contributed by atoms with Crippen LogP contribution in [-0.4, -0.2) is 6.36 Å². The Balaban J connectivity index is 3.07. The van der Waals surface area contributed by atoms with Crippen molar-refractivity contribution in [3.63, 3.8) is 0 Å². The van der Waals surface area contributed by atoms with Crippen molar-refractivity contribution in [2.45, 2.75) is 12.9 Å². The van der Waals surface area contributed by atoms with Crippen LogP contribution < -0.4 is 16.2 Å². The number of nitrogens with two attached hydrogens (primary N) is 2. The minimum atomic E-state index is -4.90. The zero-order valence-corrected chi connectivity index (χ0v) is 7.44. The van der Waals surface area contributed by atoms with Crippen LogP contribution >= 0.6 is 0 Å². The summed E-state index contributed by atoms with van der Waals surface area (Å²) in [5.74, 6) is -1.75. The number of halogens is 4. The highest BCUT2D eigenvalue weighted by molar-refractivity contribution is 5.55. The third-order valence-electron chi connectivity index (χ3n) is 1.67. The molecule has 1 rings (SSSR count). The minimum Gasteiger partial charge on any atom is -0.403 e. The summed E-state index contributed by atoms with van der Waals surface area (Å²) < 4.78 is 52.1. The second-order valence-corrected chi connectivity index (χ2v) is 2.70. The average molecular weight is 224 g/mol. The Kier molecular flexibility index (Phi) is 3.04. The summed E-state index contributed by atoms with van der Waals surface area (Å²) in [5.41, 5.74) is 9.58. The lowest BCUT2D eigenvalue weighted by Gasteiger charge is -2.12. The van der Waals surface area contributed by atoms with E-state index in [2.05, 4.69) is 4.74 Å². The number of benzene rings is 1. The Morgan fingerprint density at radius 1 is 1.27 bits per heavy atom. The molecule has 3 nitrogen and oxygen atoms in total. The maximum Gasteiger partial charge on any atom is 0.573 e. The quantitative estimate of drug-likeness (QED) is 0.594. The molecule has 0 heterocycles. The first-order valence-corrected chi connectivity index (χ1v) is 3.88. The largest absolute Gasteiger partial charge is 0.573 e. The molecule has 0 radical (unpaired) electrons. The molecule has 1 aromatic rings. The molecule has 0 aromatic heterocycles. The highest BCUT2D eigenvalue weighted by atomic mass is 19.4. The van der Waals surface area contributed by atoms with E-state index < -0.39 is 23.6 Å². The van der Waals surface area contributed by atoms with Gasteiger partial charge in [0.05, 0.1) is 0 Å². The summed E-state index contributed by atoms with van der Waals surface area (Å²) in [5, 5.41) is 0. The van der Waals surface area contributed by atoms with Gasteiger partial charge >= 0.3 is 6.36 Å². The van der Waals surface area contributed by atoms with Gasteiger partial charge in [0.2, 0.25) is 0 Å². The second kappa shape index (κ2) is 3.93. The fourth-order valence-corrected chi connectivity index (χ4v) is 0.992. The lowest BCUT2D eigenvalue weighted by atomic mass is 10.1. The van der Waals surface area contributed by atoms with Crippen LogP contribution in [0.3, 0.4) is 0 Å². The van der Waals surface area contributed by atoms with Crippen molar-refractivity contribution in [3.8, 4) is 5.75 Å². The Labute approximate surface area is 82.6 Å². The molecule has 15 heavy (non-hydrogen) atoms.